The summed E-state index contributed by atoms with van der Waals surface area (Å²) >= 11 is 0. The standard InChI is InChI=1S/C22H21N3O2/c1-2-3-9-19-18(13-23)22(15-7-5-4-6-8-15)17-12-16(27-14-21(24)26)10-11-20(17)25-19/h4-8,10-12H,2-3,9,14H2,1H3,(H2,24,26). The number of fused-ring (bicyclic) bond motifs is 1. The summed E-state index contributed by atoms with van der Waals surface area (Å²) in [5, 5.41) is 10.7. The number of carbonyl (C=O) groups is 1. The number of nitrogens with two attached hydrogens (primary N) is 1. The SMILES string of the molecule is CCCCc1nc2ccc(OCC(N)=O)cc2c(-c2ccccc2)c1C#N. The van der Waals surface area contributed by atoms with E-state index in [9.17, 15) is 10.1 Å². The van der Waals surface area contributed by atoms with Gasteiger partial charge in [-0.25, -0.2) is 0 Å². The number of primary amides is 1. The van der Waals surface area contributed by atoms with Crippen LogP contribution in [0.3, 0.4) is 0 Å². The van der Waals surface area contributed by atoms with Crippen molar-refractivity contribution < 1.29 is 9.53 Å². The number of aryl methyl sites for hydroxylation is 1. The average molecular weight is 359 g/mol. The second-order valence-electron chi connectivity index (χ2n) is 6.32. The number of nitrogens with zero attached hydrogens (tertiary/aromatic N) is 2. The molecule has 0 aliphatic heterocycles. The maximum absolute atomic E-state index is 11.0. The van der Waals surface area contributed by atoms with Gasteiger partial charge >= 0.3 is 0 Å². The summed E-state index contributed by atoms with van der Waals surface area (Å²) in [5.74, 6) is -0.0189. The number of ether oxygens (including phenoxy) is 1. The molecule has 2 N–H and O–H groups in total. The molecule has 1 amide bonds. The lowest BCUT2D eigenvalue weighted by Gasteiger charge is -2.14. The van der Waals surface area contributed by atoms with Crippen molar-refractivity contribution in [3.63, 3.8) is 0 Å². The first-order valence-electron chi connectivity index (χ1n) is 8.97. The van der Waals surface area contributed by atoms with Crippen LogP contribution in [0.1, 0.15) is 31.0 Å². The van der Waals surface area contributed by atoms with Crippen LogP contribution in [0.25, 0.3) is 22.0 Å². The fraction of sp³-hybridized carbons (Fsp3) is 0.227. The Labute approximate surface area is 158 Å². The van der Waals surface area contributed by atoms with Crippen molar-refractivity contribution in [2.75, 3.05) is 6.61 Å². The minimum absolute atomic E-state index is 0.195. The van der Waals surface area contributed by atoms with Crippen LogP contribution < -0.4 is 10.5 Å². The normalized spacial score (nSPS) is 10.5. The van der Waals surface area contributed by atoms with Gasteiger partial charge in [-0.05, 0) is 36.6 Å². The maximum Gasteiger partial charge on any atom is 0.255 e. The van der Waals surface area contributed by atoms with Gasteiger partial charge in [0.15, 0.2) is 6.61 Å². The van der Waals surface area contributed by atoms with E-state index in [1.54, 1.807) is 6.07 Å². The molecule has 2 aromatic carbocycles. The highest BCUT2D eigenvalue weighted by molar-refractivity contribution is 5.98. The number of hydrogen-bond donors (Lipinski definition) is 1. The first-order valence-corrected chi connectivity index (χ1v) is 8.97. The van der Waals surface area contributed by atoms with E-state index in [4.69, 9.17) is 15.5 Å². The lowest BCUT2D eigenvalue weighted by Crippen LogP contribution is -2.20. The van der Waals surface area contributed by atoms with Crippen LogP contribution in [0.2, 0.25) is 0 Å². The molecule has 3 rings (SSSR count). The van der Waals surface area contributed by atoms with E-state index in [0.29, 0.717) is 11.3 Å². The van der Waals surface area contributed by atoms with E-state index in [1.807, 2.05) is 42.5 Å². The Hall–Kier alpha value is -3.39. The van der Waals surface area contributed by atoms with E-state index in [-0.39, 0.29) is 6.61 Å². The molecule has 0 spiro atoms. The van der Waals surface area contributed by atoms with Gasteiger partial charge in [-0.3, -0.25) is 9.78 Å². The molecule has 1 heterocycles. The van der Waals surface area contributed by atoms with Crippen molar-refractivity contribution in [2.45, 2.75) is 26.2 Å². The summed E-state index contributed by atoms with van der Waals surface area (Å²) in [6.07, 6.45) is 2.77. The summed E-state index contributed by atoms with van der Waals surface area (Å²) in [7, 11) is 0. The molecule has 3 aromatic rings. The summed E-state index contributed by atoms with van der Waals surface area (Å²) in [6, 6.07) is 17.6. The van der Waals surface area contributed by atoms with Gasteiger partial charge in [0.2, 0.25) is 0 Å². The minimum Gasteiger partial charge on any atom is -0.484 e. The zero-order chi connectivity index (χ0) is 19.2. The van der Waals surface area contributed by atoms with Gasteiger partial charge < -0.3 is 10.5 Å². The number of amides is 1. The average Bonchev–Trinajstić information content (AvgIpc) is 2.70. The number of aromatic nitrogens is 1. The molecule has 5 nitrogen and oxygen atoms in total. The van der Waals surface area contributed by atoms with Crippen LogP contribution in [-0.2, 0) is 11.2 Å². The Kier molecular flexibility index (Phi) is 5.68. The van der Waals surface area contributed by atoms with Gasteiger partial charge in [-0.15, -0.1) is 0 Å². The number of unbranched alkanes of at least 4 members (excludes halogenated alkanes) is 1. The topological polar surface area (TPSA) is 89.0 Å². The lowest BCUT2D eigenvalue weighted by atomic mass is 9.93. The monoisotopic (exact) mass is 359 g/mol. The smallest absolute Gasteiger partial charge is 0.255 e. The maximum atomic E-state index is 11.0. The molecule has 0 saturated carbocycles. The number of pyridine rings is 1. The molecular formula is C22H21N3O2. The molecular weight excluding hydrogens is 338 g/mol. The quantitative estimate of drug-likeness (QED) is 0.691. The second-order valence-corrected chi connectivity index (χ2v) is 6.32. The Morgan fingerprint density at radius 3 is 2.67 bits per heavy atom. The minimum atomic E-state index is -0.538. The Bertz CT molecular complexity index is 1010. The van der Waals surface area contributed by atoms with Crippen molar-refractivity contribution in [3.05, 3.63) is 59.8 Å². The van der Waals surface area contributed by atoms with Crippen LogP contribution in [0.5, 0.6) is 5.75 Å². The molecule has 0 saturated heterocycles. The summed E-state index contributed by atoms with van der Waals surface area (Å²) in [6.45, 7) is 1.92. The van der Waals surface area contributed by atoms with Crippen molar-refractivity contribution in [3.8, 4) is 22.9 Å². The molecule has 0 atom stereocenters. The first-order chi connectivity index (χ1) is 13.1. The van der Waals surface area contributed by atoms with Crippen LogP contribution in [0.4, 0.5) is 0 Å². The van der Waals surface area contributed by atoms with Gasteiger partial charge in [0.25, 0.3) is 5.91 Å². The predicted molar refractivity (Wildman–Crippen MR) is 105 cm³/mol. The van der Waals surface area contributed by atoms with Gasteiger partial charge in [0.1, 0.15) is 11.8 Å². The highest BCUT2D eigenvalue weighted by atomic mass is 16.5. The van der Waals surface area contributed by atoms with Gasteiger partial charge in [-0.1, -0.05) is 43.7 Å². The molecule has 0 aliphatic rings. The molecule has 1 aromatic heterocycles. The van der Waals surface area contributed by atoms with Crippen LogP contribution in [-0.4, -0.2) is 17.5 Å². The van der Waals surface area contributed by atoms with Crippen molar-refractivity contribution in [1.29, 1.82) is 5.26 Å². The summed E-state index contributed by atoms with van der Waals surface area (Å²) < 4.78 is 5.45. The third-order valence-corrected chi connectivity index (χ3v) is 4.35. The van der Waals surface area contributed by atoms with Crippen molar-refractivity contribution >= 4 is 16.8 Å². The Morgan fingerprint density at radius 1 is 1.22 bits per heavy atom. The van der Waals surface area contributed by atoms with E-state index < -0.39 is 5.91 Å². The van der Waals surface area contributed by atoms with E-state index >= 15 is 0 Å². The molecule has 136 valence electrons. The van der Waals surface area contributed by atoms with Gasteiger partial charge in [0, 0.05) is 10.9 Å². The number of benzene rings is 2. The predicted octanol–water partition coefficient (Wildman–Crippen LogP) is 3.98. The highest BCUT2D eigenvalue weighted by Crippen LogP contribution is 2.35. The first kappa shape index (κ1) is 18.4. The van der Waals surface area contributed by atoms with E-state index in [1.165, 1.54) is 0 Å². The molecule has 0 fully saturated rings. The number of hydrogen-bond acceptors (Lipinski definition) is 4. The third-order valence-electron chi connectivity index (χ3n) is 4.35. The lowest BCUT2D eigenvalue weighted by molar-refractivity contribution is -0.119. The zero-order valence-electron chi connectivity index (χ0n) is 15.2. The summed E-state index contributed by atoms with van der Waals surface area (Å²) in [5.41, 5.74) is 9.17. The molecule has 0 aliphatic carbocycles. The van der Waals surface area contributed by atoms with Crippen LogP contribution in [0, 0.1) is 11.3 Å². The van der Waals surface area contributed by atoms with Gasteiger partial charge in [-0.2, -0.15) is 5.26 Å². The fourth-order valence-electron chi connectivity index (χ4n) is 3.09. The zero-order valence-corrected chi connectivity index (χ0v) is 15.2. The number of nitriles is 1. The highest BCUT2D eigenvalue weighted by Gasteiger charge is 2.17. The van der Waals surface area contributed by atoms with E-state index in [2.05, 4.69) is 13.0 Å². The summed E-state index contributed by atoms with van der Waals surface area (Å²) in [4.78, 5) is 15.7. The molecule has 0 bridgehead atoms. The molecule has 5 heteroatoms. The Balaban J connectivity index is 2.24. The molecule has 27 heavy (non-hydrogen) atoms. The Morgan fingerprint density at radius 2 is 2.00 bits per heavy atom. The second kappa shape index (κ2) is 8.33. The third kappa shape index (κ3) is 4.06. The largest absolute Gasteiger partial charge is 0.484 e. The number of carbonyl (C=O) groups excluding carboxylic acids is 1. The van der Waals surface area contributed by atoms with E-state index in [0.717, 1.165) is 47.0 Å². The van der Waals surface area contributed by atoms with Gasteiger partial charge in [0.05, 0.1) is 16.8 Å². The fourth-order valence-corrected chi connectivity index (χ4v) is 3.09. The van der Waals surface area contributed by atoms with Crippen LogP contribution in [0.15, 0.2) is 48.5 Å². The number of rotatable bonds is 7. The van der Waals surface area contributed by atoms with Crippen molar-refractivity contribution in [2.24, 2.45) is 5.73 Å². The molecule has 0 unspecified atom stereocenters. The van der Waals surface area contributed by atoms with Crippen LogP contribution >= 0.6 is 0 Å². The molecule has 0 radical (unpaired) electrons. The van der Waals surface area contributed by atoms with Crippen molar-refractivity contribution in [1.82, 2.24) is 4.98 Å².